The first-order valence-electron chi connectivity index (χ1n) is 6.07. The molecule has 1 heterocycles. The Labute approximate surface area is 112 Å². The average molecular weight is 265 g/mol. The normalized spacial score (nSPS) is 21.1. The molecule has 0 bridgehead atoms. The summed E-state index contributed by atoms with van der Waals surface area (Å²) in [5.41, 5.74) is 8.81. The van der Waals surface area contributed by atoms with Crippen molar-refractivity contribution in [2.24, 2.45) is 10.9 Å². The molecule has 5 heteroatoms. The first kappa shape index (κ1) is 13.1. The van der Waals surface area contributed by atoms with Crippen molar-refractivity contribution in [1.29, 1.82) is 0 Å². The highest BCUT2D eigenvalue weighted by atomic mass is 32.2. The maximum Gasteiger partial charge on any atom is 0.172 e. The van der Waals surface area contributed by atoms with Gasteiger partial charge >= 0.3 is 0 Å². The third kappa shape index (κ3) is 2.72. The SMILES string of the molecule is Cc1ccc(/C(N)=N/O)c(N2CCSC(C)C2)c1. The van der Waals surface area contributed by atoms with E-state index >= 15 is 0 Å². The lowest BCUT2D eigenvalue weighted by molar-refractivity contribution is 0.318. The summed E-state index contributed by atoms with van der Waals surface area (Å²) < 4.78 is 0. The molecule has 1 aliphatic rings. The molecular weight excluding hydrogens is 246 g/mol. The highest BCUT2D eigenvalue weighted by Crippen LogP contribution is 2.27. The van der Waals surface area contributed by atoms with Crippen LogP contribution in [0.4, 0.5) is 5.69 Å². The minimum atomic E-state index is 0.177. The van der Waals surface area contributed by atoms with Gasteiger partial charge in [-0.25, -0.2) is 0 Å². The highest BCUT2D eigenvalue weighted by molar-refractivity contribution is 8.00. The summed E-state index contributed by atoms with van der Waals surface area (Å²) in [5.74, 6) is 1.29. The molecule has 1 fully saturated rings. The largest absolute Gasteiger partial charge is 0.409 e. The van der Waals surface area contributed by atoms with Crippen LogP contribution in [-0.2, 0) is 0 Å². The summed E-state index contributed by atoms with van der Waals surface area (Å²) in [5, 5.41) is 12.6. The van der Waals surface area contributed by atoms with Gasteiger partial charge in [0.1, 0.15) is 0 Å². The minimum Gasteiger partial charge on any atom is -0.409 e. The van der Waals surface area contributed by atoms with E-state index in [0.717, 1.165) is 30.1 Å². The van der Waals surface area contributed by atoms with Crippen LogP contribution in [0.1, 0.15) is 18.1 Å². The molecule has 18 heavy (non-hydrogen) atoms. The van der Waals surface area contributed by atoms with E-state index in [4.69, 9.17) is 10.9 Å². The van der Waals surface area contributed by atoms with E-state index in [1.54, 1.807) is 0 Å². The Balaban J connectivity index is 2.38. The number of nitrogens with zero attached hydrogens (tertiary/aromatic N) is 2. The molecule has 1 aromatic rings. The van der Waals surface area contributed by atoms with E-state index in [-0.39, 0.29) is 5.84 Å². The Kier molecular flexibility index (Phi) is 4.01. The number of thioether (sulfide) groups is 1. The van der Waals surface area contributed by atoms with Gasteiger partial charge in [-0.15, -0.1) is 0 Å². The Morgan fingerprint density at radius 2 is 2.33 bits per heavy atom. The number of benzene rings is 1. The van der Waals surface area contributed by atoms with Gasteiger partial charge in [0.05, 0.1) is 0 Å². The molecule has 0 radical (unpaired) electrons. The van der Waals surface area contributed by atoms with Crippen molar-refractivity contribution in [3.8, 4) is 0 Å². The summed E-state index contributed by atoms with van der Waals surface area (Å²) in [6, 6.07) is 6.02. The third-order valence-electron chi connectivity index (χ3n) is 3.12. The number of amidine groups is 1. The quantitative estimate of drug-likeness (QED) is 0.372. The average Bonchev–Trinajstić information content (AvgIpc) is 2.38. The molecule has 0 aliphatic carbocycles. The second-order valence-corrected chi connectivity index (χ2v) is 6.18. The van der Waals surface area contributed by atoms with Crippen molar-refractivity contribution in [1.82, 2.24) is 0 Å². The van der Waals surface area contributed by atoms with Crippen molar-refractivity contribution in [2.75, 3.05) is 23.7 Å². The fraction of sp³-hybridized carbons (Fsp3) is 0.462. The number of anilines is 1. The lowest BCUT2D eigenvalue weighted by Crippen LogP contribution is -2.38. The molecule has 0 spiro atoms. The van der Waals surface area contributed by atoms with Gasteiger partial charge in [-0.3, -0.25) is 0 Å². The fourth-order valence-corrected chi connectivity index (χ4v) is 3.22. The van der Waals surface area contributed by atoms with Crippen LogP contribution in [0, 0.1) is 6.92 Å². The number of nitrogens with two attached hydrogens (primary N) is 1. The van der Waals surface area contributed by atoms with Gasteiger partial charge in [0.15, 0.2) is 5.84 Å². The van der Waals surface area contributed by atoms with Crippen LogP contribution < -0.4 is 10.6 Å². The van der Waals surface area contributed by atoms with Crippen LogP contribution >= 0.6 is 11.8 Å². The summed E-state index contributed by atoms with van der Waals surface area (Å²) in [6.45, 7) is 6.29. The van der Waals surface area contributed by atoms with E-state index in [0.29, 0.717) is 5.25 Å². The van der Waals surface area contributed by atoms with E-state index in [9.17, 15) is 0 Å². The van der Waals surface area contributed by atoms with Crippen molar-refractivity contribution < 1.29 is 5.21 Å². The van der Waals surface area contributed by atoms with Gasteiger partial charge in [-0.1, -0.05) is 18.1 Å². The zero-order valence-corrected chi connectivity index (χ0v) is 11.6. The second kappa shape index (κ2) is 5.52. The van der Waals surface area contributed by atoms with E-state index in [2.05, 4.69) is 30.0 Å². The number of hydrogen-bond donors (Lipinski definition) is 2. The predicted octanol–water partition coefficient (Wildman–Crippen LogP) is 2.03. The molecular formula is C13H19N3OS. The molecule has 1 aliphatic heterocycles. The third-order valence-corrected chi connectivity index (χ3v) is 4.26. The monoisotopic (exact) mass is 265 g/mol. The molecule has 2 rings (SSSR count). The lowest BCUT2D eigenvalue weighted by Gasteiger charge is -2.33. The smallest absolute Gasteiger partial charge is 0.172 e. The molecule has 4 nitrogen and oxygen atoms in total. The van der Waals surface area contributed by atoms with Gasteiger partial charge in [-0.2, -0.15) is 11.8 Å². The van der Waals surface area contributed by atoms with Gasteiger partial charge in [-0.05, 0) is 24.6 Å². The molecule has 98 valence electrons. The maximum atomic E-state index is 8.87. The van der Waals surface area contributed by atoms with Crippen molar-refractivity contribution >= 4 is 23.3 Å². The first-order valence-corrected chi connectivity index (χ1v) is 7.12. The molecule has 0 saturated carbocycles. The maximum absolute atomic E-state index is 8.87. The topological polar surface area (TPSA) is 61.9 Å². The number of rotatable bonds is 2. The first-order chi connectivity index (χ1) is 8.61. The molecule has 1 saturated heterocycles. The highest BCUT2D eigenvalue weighted by Gasteiger charge is 2.20. The van der Waals surface area contributed by atoms with Gasteiger partial charge in [0.2, 0.25) is 0 Å². The van der Waals surface area contributed by atoms with Crippen molar-refractivity contribution in [2.45, 2.75) is 19.1 Å². The summed E-state index contributed by atoms with van der Waals surface area (Å²) >= 11 is 1.99. The zero-order valence-electron chi connectivity index (χ0n) is 10.8. The van der Waals surface area contributed by atoms with E-state index in [1.807, 2.05) is 23.9 Å². The molecule has 3 N–H and O–H groups in total. The predicted molar refractivity (Wildman–Crippen MR) is 77.8 cm³/mol. The molecule has 1 unspecified atom stereocenters. The van der Waals surface area contributed by atoms with Crippen LogP contribution in [0.25, 0.3) is 0 Å². The number of oxime groups is 1. The standard InChI is InChI=1S/C13H19N3OS/c1-9-3-4-11(13(14)15-17)12(7-9)16-5-6-18-10(2)8-16/h3-4,7,10,17H,5-6,8H2,1-2H3,(H2,14,15). The van der Waals surface area contributed by atoms with Crippen LogP contribution in [0.2, 0.25) is 0 Å². The van der Waals surface area contributed by atoms with Crippen LogP contribution in [0.3, 0.4) is 0 Å². The Hall–Kier alpha value is -1.36. The van der Waals surface area contributed by atoms with Gasteiger partial charge in [0.25, 0.3) is 0 Å². The molecule has 0 amide bonds. The van der Waals surface area contributed by atoms with Crippen LogP contribution in [-0.4, -0.2) is 35.1 Å². The Morgan fingerprint density at radius 1 is 1.56 bits per heavy atom. The van der Waals surface area contributed by atoms with Crippen LogP contribution in [0.15, 0.2) is 23.4 Å². The Bertz CT molecular complexity index is 462. The Morgan fingerprint density at radius 3 is 3.00 bits per heavy atom. The molecule has 1 atom stereocenters. The number of hydrogen-bond acceptors (Lipinski definition) is 4. The second-order valence-electron chi connectivity index (χ2n) is 4.63. The molecule has 1 aromatic carbocycles. The molecule has 0 aromatic heterocycles. The lowest BCUT2D eigenvalue weighted by atomic mass is 10.1. The van der Waals surface area contributed by atoms with E-state index < -0.39 is 0 Å². The van der Waals surface area contributed by atoms with Gasteiger partial charge in [0, 0.05) is 35.3 Å². The van der Waals surface area contributed by atoms with E-state index in [1.165, 1.54) is 5.56 Å². The summed E-state index contributed by atoms with van der Waals surface area (Å²) in [4.78, 5) is 2.32. The van der Waals surface area contributed by atoms with Crippen molar-refractivity contribution in [3.05, 3.63) is 29.3 Å². The van der Waals surface area contributed by atoms with Crippen LogP contribution in [0.5, 0.6) is 0 Å². The fourth-order valence-electron chi connectivity index (χ4n) is 2.21. The van der Waals surface area contributed by atoms with Crippen molar-refractivity contribution in [3.63, 3.8) is 0 Å². The summed E-state index contributed by atoms with van der Waals surface area (Å²) in [7, 11) is 0. The zero-order chi connectivity index (χ0) is 13.1. The van der Waals surface area contributed by atoms with Gasteiger partial charge < -0.3 is 15.8 Å². The summed E-state index contributed by atoms with van der Waals surface area (Å²) in [6.07, 6.45) is 0. The number of aryl methyl sites for hydroxylation is 1. The minimum absolute atomic E-state index is 0.177.